The molecule has 0 spiro atoms. The van der Waals surface area contributed by atoms with Crippen LogP contribution in [0.25, 0.3) is 0 Å². The van der Waals surface area contributed by atoms with Crippen molar-refractivity contribution in [1.82, 2.24) is 5.32 Å². The van der Waals surface area contributed by atoms with Gasteiger partial charge in [-0.05, 0) is 42.4 Å². The van der Waals surface area contributed by atoms with E-state index in [-0.39, 0.29) is 0 Å². The number of ether oxygens (including phenoxy) is 2. The van der Waals surface area contributed by atoms with Crippen LogP contribution in [0.2, 0.25) is 0 Å². The Labute approximate surface area is 134 Å². The van der Waals surface area contributed by atoms with E-state index >= 15 is 0 Å². The molecule has 0 heterocycles. The van der Waals surface area contributed by atoms with Gasteiger partial charge in [-0.3, -0.25) is 0 Å². The van der Waals surface area contributed by atoms with E-state index in [4.69, 9.17) is 9.47 Å². The molecule has 2 aromatic rings. The van der Waals surface area contributed by atoms with Crippen LogP contribution in [0.15, 0.2) is 53.0 Å². The second kappa shape index (κ2) is 8.82. The van der Waals surface area contributed by atoms with Crippen molar-refractivity contribution in [3.63, 3.8) is 0 Å². The van der Waals surface area contributed by atoms with E-state index in [1.807, 2.05) is 43.4 Å². The molecule has 2 rings (SSSR count). The Kier molecular flexibility index (Phi) is 6.73. The lowest BCUT2D eigenvalue weighted by Crippen LogP contribution is -2.08. The molecule has 1 N–H and O–H groups in total. The topological polar surface area (TPSA) is 30.5 Å². The molecule has 0 saturated carbocycles. The van der Waals surface area contributed by atoms with Gasteiger partial charge in [-0.25, -0.2) is 0 Å². The van der Waals surface area contributed by atoms with Crippen molar-refractivity contribution in [2.75, 3.05) is 20.3 Å². The smallest absolute Gasteiger partial charge is 0.119 e. The molecule has 0 aliphatic carbocycles. The molecule has 112 valence electrons. The third kappa shape index (κ3) is 5.87. The van der Waals surface area contributed by atoms with E-state index in [1.165, 1.54) is 5.56 Å². The zero-order valence-electron chi connectivity index (χ0n) is 12.1. The minimum atomic E-state index is 0.553. The Hall–Kier alpha value is -1.36. The number of hydrogen-bond donors (Lipinski definition) is 1. The molecule has 3 nitrogen and oxygen atoms in total. The predicted molar refractivity (Wildman–Crippen MR) is 88.5 cm³/mol. The van der Waals surface area contributed by atoms with Gasteiger partial charge >= 0.3 is 0 Å². The second-order valence-electron chi connectivity index (χ2n) is 4.71. The van der Waals surface area contributed by atoms with Gasteiger partial charge in [0.25, 0.3) is 0 Å². The fourth-order valence-electron chi connectivity index (χ4n) is 1.98. The minimum absolute atomic E-state index is 0.553. The van der Waals surface area contributed by atoms with Gasteiger partial charge in [0, 0.05) is 11.0 Å². The summed E-state index contributed by atoms with van der Waals surface area (Å²) in [7, 11) is 1.93. The molecule has 0 unspecified atom stereocenters. The molecular formula is C17H20BrNO2. The highest BCUT2D eigenvalue weighted by Crippen LogP contribution is 2.14. The van der Waals surface area contributed by atoms with Crippen LogP contribution in [0.3, 0.4) is 0 Å². The Morgan fingerprint density at radius 1 is 1.00 bits per heavy atom. The summed E-state index contributed by atoms with van der Waals surface area (Å²) in [5, 5.41) is 3.13. The van der Waals surface area contributed by atoms with Gasteiger partial charge in [-0.15, -0.1) is 0 Å². The molecule has 4 heteroatoms. The van der Waals surface area contributed by atoms with Crippen molar-refractivity contribution < 1.29 is 9.47 Å². The van der Waals surface area contributed by atoms with Crippen molar-refractivity contribution in [2.45, 2.75) is 13.2 Å². The summed E-state index contributed by atoms with van der Waals surface area (Å²) < 4.78 is 12.4. The first-order valence-electron chi connectivity index (χ1n) is 6.96. The van der Waals surface area contributed by atoms with E-state index in [0.29, 0.717) is 19.8 Å². The summed E-state index contributed by atoms with van der Waals surface area (Å²) in [6.45, 7) is 2.57. The van der Waals surface area contributed by atoms with Crippen LogP contribution in [0.1, 0.15) is 11.1 Å². The maximum absolute atomic E-state index is 5.69. The highest BCUT2D eigenvalue weighted by molar-refractivity contribution is 9.10. The zero-order chi connectivity index (χ0) is 14.9. The maximum atomic E-state index is 5.69. The fraction of sp³-hybridized carbons (Fsp3) is 0.294. The van der Waals surface area contributed by atoms with Gasteiger partial charge in [0.1, 0.15) is 12.4 Å². The molecule has 0 bridgehead atoms. The first-order valence-corrected chi connectivity index (χ1v) is 7.76. The molecule has 21 heavy (non-hydrogen) atoms. The first kappa shape index (κ1) is 16.0. The Morgan fingerprint density at radius 2 is 1.81 bits per heavy atom. The molecule has 0 atom stereocenters. The van der Waals surface area contributed by atoms with Crippen molar-refractivity contribution in [3.05, 3.63) is 64.1 Å². The Bertz CT molecular complexity index is 560. The molecule has 0 radical (unpaired) electrons. The molecule has 0 fully saturated rings. The number of benzene rings is 2. The van der Waals surface area contributed by atoms with Crippen LogP contribution in [0.5, 0.6) is 5.75 Å². The largest absolute Gasteiger partial charge is 0.491 e. The van der Waals surface area contributed by atoms with Crippen LogP contribution in [0.4, 0.5) is 0 Å². The minimum Gasteiger partial charge on any atom is -0.491 e. The fourth-order valence-corrected chi connectivity index (χ4v) is 2.43. The van der Waals surface area contributed by atoms with E-state index in [2.05, 4.69) is 33.4 Å². The quantitative estimate of drug-likeness (QED) is 0.736. The molecule has 0 aliphatic rings. The lowest BCUT2D eigenvalue weighted by Gasteiger charge is -2.09. The normalized spacial score (nSPS) is 10.6. The summed E-state index contributed by atoms with van der Waals surface area (Å²) in [4.78, 5) is 0. The van der Waals surface area contributed by atoms with Crippen LogP contribution in [-0.4, -0.2) is 20.3 Å². The van der Waals surface area contributed by atoms with E-state index in [1.54, 1.807) is 0 Å². The summed E-state index contributed by atoms with van der Waals surface area (Å²) in [5.41, 5.74) is 2.37. The number of hydrogen-bond acceptors (Lipinski definition) is 3. The summed E-state index contributed by atoms with van der Waals surface area (Å²) in [6.07, 6.45) is 0. The third-order valence-corrected chi connectivity index (χ3v) is 3.43. The van der Waals surface area contributed by atoms with Gasteiger partial charge in [0.05, 0.1) is 13.2 Å². The second-order valence-corrected chi connectivity index (χ2v) is 5.62. The average Bonchev–Trinajstić information content (AvgIpc) is 2.48. The van der Waals surface area contributed by atoms with Crippen LogP contribution < -0.4 is 10.1 Å². The summed E-state index contributed by atoms with van der Waals surface area (Å²) in [5.74, 6) is 0.883. The SMILES string of the molecule is CNCc1cccc(OCCOCc2cccc(Br)c2)c1. The van der Waals surface area contributed by atoms with E-state index < -0.39 is 0 Å². The maximum Gasteiger partial charge on any atom is 0.119 e. The Morgan fingerprint density at radius 3 is 2.62 bits per heavy atom. The van der Waals surface area contributed by atoms with Gasteiger partial charge in [-0.2, -0.15) is 0 Å². The number of halogens is 1. The third-order valence-electron chi connectivity index (χ3n) is 2.93. The predicted octanol–water partition coefficient (Wildman–Crippen LogP) is 3.76. The molecule has 2 aromatic carbocycles. The molecule has 0 amide bonds. The standard InChI is InChI=1S/C17H20BrNO2/c1-19-12-14-4-3-7-17(11-14)21-9-8-20-13-15-5-2-6-16(18)10-15/h2-7,10-11,19H,8-9,12-13H2,1H3. The van der Waals surface area contributed by atoms with Crippen molar-refractivity contribution >= 4 is 15.9 Å². The first-order chi connectivity index (χ1) is 10.3. The molecule has 0 aliphatic heterocycles. The van der Waals surface area contributed by atoms with Gasteiger partial charge in [0.15, 0.2) is 0 Å². The van der Waals surface area contributed by atoms with Gasteiger partial charge < -0.3 is 14.8 Å². The molecular weight excluding hydrogens is 330 g/mol. The number of nitrogens with one attached hydrogen (secondary N) is 1. The summed E-state index contributed by atoms with van der Waals surface area (Å²) in [6, 6.07) is 16.2. The lowest BCUT2D eigenvalue weighted by atomic mass is 10.2. The zero-order valence-corrected chi connectivity index (χ0v) is 13.7. The van der Waals surface area contributed by atoms with E-state index in [0.717, 1.165) is 22.3 Å². The van der Waals surface area contributed by atoms with Crippen molar-refractivity contribution in [2.24, 2.45) is 0 Å². The van der Waals surface area contributed by atoms with Gasteiger partial charge in [-0.1, -0.05) is 40.2 Å². The lowest BCUT2D eigenvalue weighted by molar-refractivity contribution is 0.0889. The molecule has 0 aromatic heterocycles. The highest BCUT2D eigenvalue weighted by Gasteiger charge is 1.98. The van der Waals surface area contributed by atoms with Crippen LogP contribution in [-0.2, 0) is 17.9 Å². The van der Waals surface area contributed by atoms with Crippen molar-refractivity contribution in [1.29, 1.82) is 0 Å². The van der Waals surface area contributed by atoms with Gasteiger partial charge in [0.2, 0.25) is 0 Å². The average molecular weight is 350 g/mol. The molecule has 0 saturated heterocycles. The van der Waals surface area contributed by atoms with E-state index in [9.17, 15) is 0 Å². The van der Waals surface area contributed by atoms with Crippen LogP contribution >= 0.6 is 15.9 Å². The monoisotopic (exact) mass is 349 g/mol. The van der Waals surface area contributed by atoms with Crippen LogP contribution in [0, 0.1) is 0 Å². The number of rotatable bonds is 8. The Balaban J connectivity index is 1.69. The van der Waals surface area contributed by atoms with Crippen molar-refractivity contribution in [3.8, 4) is 5.75 Å². The highest BCUT2D eigenvalue weighted by atomic mass is 79.9. The summed E-state index contributed by atoms with van der Waals surface area (Å²) >= 11 is 3.45.